The third-order valence-electron chi connectivity index (χ3n) is 3.45. The summed E-state index contributed by atoms with van der Waals surface area (Å²) in [7, 11) is 0. The molecule has 0 aromatic heterocycles. The molecule has 0 aromatic carbocycles. The molecule has 0 heterocycles. The minimum absolute atomic E-state index is 0.184. The smallest absolute Gasteiger partial charge is 0.0775 e. The van der Waals surface area contributed by atoms with E-state index >= 15 is 0 Å². The molecule has 2 unspecified atom stereocenters. The van der Waals surface area contributed by atoms with Gasteiger partial charge >= 0.3 is 0 Å². The molecule has 2 atom stereocenters. The third kappa shape index (κ3) is 8.43. The Kier molecular flexibility index (Phi) is 10.3. The number of rotatable bonds is 11. The van der Waals surface area contributed by atoms with Crippen molar-refractivity contribution < 1.29 is 4.74 Å². The van der Waals surface area contributed by atoms with Crippen LogP contribution in [0.2, 0.25) is 0 Å². The summed E-state index contributed by atoms with van der Waals surface area (Å²) in [5.41, 5.74) is 0.184. The van der Waals surface area contributed by atoms with E-state index in [1.165, 1.54) is 25.7 Å². The SMILES string of the molecule is C=CCCCCCC(NCC)C(OCC)C(C)(C)C. The summed E-state index contributed by atoms with van der Waals surface area (Å²) in [6.07, 6.45) is 8.46. The van der Waals surface area contributed by atoms with E-state index in [9.17, 15) is 0 Å². The highest BCUT2D eigenvalue weighted by atomic mass is 16.5. The van der Waals surface area contributed by atoms with Crippen LogP contribution < -0.4 is 5.32 Å². The zero-order valence-electron chi connectivity index (χ0n) is 13.8. The molecule has 19 heavy (non-hydrogen) atoms. The molecular formula is C17H35NO. The molecule has 2 heteroatoms. The van der Waals surface area contributed by atoms with Crippen LogP contribution in [0.1, 0.15) is 66.7 Å². The lowest BCUT2D eigenvalue weighted by molar-refractivity contribution is -0.0375. The predicted molar refractivity (Wildman–Crippen MR) is 85.6 cm³/mol. The Labute approximate surface area is 121 Å². The van der Waals surface area contributed by atoms with Gasteiger partial charge in [0, 0.05) is 12.6 Å². The zero-order valence-corrected chi connectivity index (χ0v) is 13.8. The topological polar surface area (TPSA) is 21.3 Å². The highest BCUT2D eigenvalue weighted by Gasteiger charge is 2.31. The van der Waals surface area contributed by atoms with Crippen LogP contribution in [0.25, 0.3) is 0 Å². The number of allylic oxidation sites excluding steroid dienone is 1. The Morgan fingerprint density at radius 3 is 2.32 bits per heavy atom. The van der Waals surface area contributed by atoms with Crippen molar-refractivity contribution in [2.45, 2.75) is 78.9 Å². The lowest BCUT2D eigenvalue weighted by Crippen LogP contribution is -2.48. The third-order valence-corrected chi connectivity index (χ3v) is 3.45. The molecule has 0 saturated carbocycles. The molecule has 0 bridgehead atoms. The fourth-order valence-electron chi connectivity index (χ4n) is 2.60. The standard InChI is InChI=1S/C17H35NO/c1-7-10-11-12-13-14-15(18-8-2)16(19-9-3)17(4,5)6/h7,15-16,18H,1,8-14H2,2-6H3. The number of nitrogens with one attached hydrogen (secondary N) is 1. The Balaban J connectivity index is 4.35. The van der Waals surface area contributed by atoms with Gasteiger partial charge in [-0.05, 0) is 38.1 Å². The highest BCUT2D eigenvalue weighted by Crippen LogP contribution is 2.27. The largest absolute Gasteiger partial charge is 0.376 e. The minimum atomic E-state index is 0.184. The van der Waals surface area contributed by atoms with Crippen molar-refractivity contribution in [2.75, 3.05) is 13.2 Å². The van der Waals surface area contributed by atoms with Crippen molar-refractivity contribution in [1.29, 1.82) is 0 Å². The van der Waals surface area contributed by atoms with Crippen LogP contribution in [0.4, 0.5) is 0 Å². The molecule has 0 fully saturated rings. The van der Waals surface area contributed by atoms with Crippen LogP contribution in [0.15, 0.2) is 12.7 Å². The van der Waals surface area contributed by atoms with Crippen molar-refractivity contribution in [2.24, 2.45) is 5.41 Å². The fourth-order valence-corrected chi connectivity index (χ4v) is 2.60. The van der Waals surface area contributed by atoms with E-state index in [1.54, 1.807) is 0 Å². The average Bonchev–Trinajstić information content (AvgIpc) is 2.33. The summed E-state index contributed by atoms with van der Waals surface area (Å²) in [4.78, 5) is 0. The first kappa shape index (κ1) is 18.7. The molecular weight excluding hydrogens is 234 g/mol. The second kappa shape index (κ2) is 10.4. The summed E-state index contributed by atoms with van der Waals surface area (Å²) in [6.45, 7) is 16.7. The predicted octanol–water partition coefficient (Wildman–Crippen LogP) is 4.55. The summed E-state index contributed by atoms with van der Waals surface area (Å²) in [6, 6.07) is 0.466. The highest BCUT2D eigenvalue weighted by molar-refractivity contribution is 4.86. The van der Waals surface area contributed by atoms with Gasteiger partial charge < -0.3 is 10.1 Å². The van der Waals surface area contributed by atoms with Gasteiger partial charge in [-0.2, -0.15) is 0 Å². The minimum Gasteiger partial charge on any atom is -0.376 e. The van der Waals surface area contributed by atoms with Crippen molar-refractivity contribution in [3.63, 3.8) is 0 Å². The molecule has 0 rings (SSSR count). The lowest BCUT2D eigenvalue weighted by Gasteiger charge is -2.37. The van der Waals surface area contributed by atoms with Gasteiger partial charge in [-0.15, -0.1) is 6.58 Å². The van der Waals surface area contributed by atoms with Crippen molar-refractivity contribution >= 4 is 0 Å². The Morgan fingerprint density at radius 1 is 1.16 bits per heavy atom. The number of likely N-dealkylation sites (N-methyl/N-ethyl adjacent to an activating group) is 1. The first-order valence-electron chi connectivity index (χ1n) is 7.93. The number of ether oxygens (including phenoxy) is 1. The Morgan fingerprint density at radius 2 is 1.84 bits per heavy atom. The number of unbranched alkanes of at least 4 members (excludes halogenated alkanes) is 3. The van der Waals surface area contributed by atoms with Crippen LogP contribution in [-0.2, 0) is 4.74 Å². The van der Waals surface area contributed by atoms with E-state index in [4.69, 9.17) is 4.74 Å². The maximum atomic E-state index is 6.02. The number of hydrogen-bond donors (Lipinski definition) is 1. The molecule has 0 amide bonds. The van der Waals surface area contributed by atoms with Crippen molar-refractivity contribution in [3.8, 4) is 0 Å². The molecule has 0 aromatic rings. The zero-order chi connectivity index (χ0) is 14.7. The summed E-state index contributed by atoms with van der Waals surface area (Å²) < 4.78 is 6.02. The van der Waals surface area contributed by atoms with Crippen molar-refractivity contribution in [1.82, 2.24) is 5.32 Å². The first-order valence-corrected chi connectivity index (χ1v) is 7.93. The van der Waals surface area contributed by atoms with E-state index < -0.39 is 0 Å². The van der Waals surface area contributed by atoms with E-state index in [-0.39, 0.29) is 11.5 Å². The van der Waals surface area contributed by atoms with Gasteiger partial charge in [-0.25, -0.2) is 0 Å². The fraction of sp³-hybridized carbons (Fsp3) is 0.882. The summed E-state index contributed by atoms with van der Waals surface area (Å²) in [5, 5.41) is 3.62. The van der Waals surface area contributed by atoms with Crippen LogP contribution >= 0.6 is 0 Å². The first-order chi connectivity index (χ1) is 8.97. The van der Waals surface area contributed by atoms with Crippen LogP contribution in [0, 0.1) is 5.41 Å². The van der Waals surface area contributed by atoms with Crippen molar-refractivity contribution in [3.05, 3.63) is 12.7 Å². The molecule has 0 radical (unpaired) electrons. The van der Waals surface area contributed by atoms with Crippen LogP contribution in [-0.4, -0.2) is 25.3 Å². The van der Waals surface area contributed by atoms with E-state index in [0.29, 0.717) is 6.04 Å². The molecule has 0 spiro atoms. The van der Waals surface area contributed by atoms with Gasteiger partial charge in [0.25, 0.3) is 0 Å². The molecule has 0 aliphatic rings. The van der Waals surface area contributed by atoms with Gasteiger partial charge in [0.05, 0.1) is 6.10 Å². The Bertz CT molecular complexity index is 220. The van der Waals surface area contributed by atoms with E-state index in [2.05, 4.69) is 46.5 Å². The van der Waals surface area contributed by atoms with Gasteiger partial charge in [-0.3, -0.25) is 0 Å². The molecule has 1 N–H and O–H groups in total. The van der Waals surface area contributed by atoms with Crippen LogP contribution in [0.5, 0.6) is 0 Å². The average molecular weight is 269 g/mol. The van der Waals surface area contributed by atoms with Crippen LogP contribution in [0.3, 0.4) is 0 Å². The molecule has 0 aliphatic heterocycles. The van der Waals surface area contributed by atoms with Gasteiger partial charge in [0.15, 0.2) is 0 Å². The molecule has 2 nitrogen and oxygen atoms in total. The summed E-state index contributed by atoms with van der Waals surface area (Å²) in [5.74, 6) is 0. The number of hydrogen-bond acceptors (Lipinski definition) is 2. The quantitative estimate of drug-likeness (QED) is 0.439. The maximum Gasteiger partial charge on any atom is 0.0775 e. The molecule has 0 aliphatic carbocycles. The van der Waals surface area contributed by atoms with E-state index in [1.807, 2.05) is 6.08 Å². The van der Waals surface area contributed by atoms with Gasteiger partial charge in [-0.1, -0.05) is 46.6 Å². The summed E-state index contributed by atoms with van der Waals surface area (Å²) >= 11 is 0. The van der Waals surface area contributed by atoms with Gasteiger partial charge in [0.2, 0.25) is 0 Å². The second-order valence-electron chi connectivity index (χ2n) is 6.33. The lowest BCUT2D eigenvalue weighted by atomic mass is 9.82. The molecule has 114 valence electrons. The molecule has 0 saturated heterocycles. The monoisotopic (exact) mass is 269 g/mol. The van der Waals surface area contributed by atoms with Gasteiger partial charge in [0.1, 0.15) is 0 Å². The Hall–Kier alpha value is -0.340. The van der Waals surface area contributed by atoms with E-state index in [0.717, 1.165) is 19.6 Å². The normalized spacial score (nSPS) is 15.2. The maximum absolute atomic E-state index is 6.02. The second-order valence-corrected chi connectivity index (χ2v) is 6.33.